The molecule has 1 amide bonds. The smallest absolute Gasteiger partial charge is 0.246 e. The Bertz CT molecular complexity index is 955. The molecule has 28 heavy (non-hydrogen) atoms. The first-order valence-electron chi connectivity index (χ1n) is 9.23. The zero-order valence-electron chi connectivity index (χ0n) is 15.6. The maximum atomic E-state index is 13.0. The highest BCUT2D eigenvalue weighted by Gasteiger charge is 2.21. The molecule has 1 atom stereocenters. The van der Waals surface area contributed by atoms with E-state index in [9.17, 15) is 4.79 Å². The number of hydrogen-bond acceptors (Lipinski definition) is 4. The minimum absolute atomic E-state index is 0.101. The lowest BCUT2D eigenvalue weighted by molar-refractivity contribution is -0.118. The van der Waals surface area contributed by atoms with Gasteiger partial charge in [0.1, 0.15) is 6.04 Å². The second-order valence-electron chi connectivity index (χ2n) is 6.77. The average Bonchev–Trinajstić information content (AvgIpc) is 3.19. The predicted octanol–water partition coefficient (Wildman–Crippen LogP) is 4.19. The lowest BCUT2D eigenvalue weighted by Crippen LogP contribution is -2.32. The molecule has 5 heteroatoms. The van der Waals surface area contributed by atoms with Gasteiger partial charge in [-0.05, 0) is 42.3 Å². The molecule has 0 saturated carbocycles. The molecule has 0 aromatic heterocycles. The number of fused-ring (bicyclic) bond motifs is 1. The van der Waals surface area contributed by atoms with Crippen molar-refractivity contribution >= 4 is 11.6 Å². The van der Waals surface area contributed by atoms with Crippen molar-refractivity contribution in [3.8, 4) is 11.5 Å². The van der Waals surface area contributed by atoms with Crippen molar-refractivity contribution in [3.05, 3.63) is 89.5 Å². The lowest BCUT2D eigenvalue weighted by atomic mass is 10.1. The van der Waals surface area contributed by atoms with E-state index < -0.39 is 6.04 Å². The minimum Gasteiger partial charge on any atom is -0.454 e. The van der Waals surface area contributed by atoms with Crippen LogP contribution in [0.5, 0.6) is 11.5 Å². The molecule has 3 aromatic carbocycles. The fraction of sp³-hybridized carbons (Fsp3) is 0.174. The Labute approximate surface area is 164 Å². The van der Waals surface area contributed by atoms with Gasteiger partial charge < -0.3 is 14.8 Å². The van der Waals surface area contributed by atoms with Crippen LogP contribution in [0.1, 0.15) is 22.7 Å². The summed E-state index contributed by atoms with van der Waals surface area (Å²) in [5.74, 6) is 1.39. The van der Waals surface area contributed by atoms with E-state index in [0.717, 1.165) is 33.9 Å². The maximum Gasteiger partial charge on any atom is 0.246 e. The van der Waals surface area contributed by atoms with Crippen molar-refractivity contribution < 1.29 is 14.3 Å². The molecule has 0 unspecified atom stereocenters. The van der Waals surface area contributed by atoms with Crippen LogP contribution in [0.2, 0.25) is 0 Å². The third-order valence-electron chi connectivity index (χ3n) is 4.66. The molecule has 0 aliphatic carbocycles. The highest BCUT2D eigenvalue weighted by atomic mass is 16.7. The number of benzene rings is 3. The molecular weight excluding hydrogens is 352 g/mol. The summed E-state index contributed by atoms with van der Waals surface area (Å²) in [4.78, 5) is 13.0. The van der Waals surface area contributed by atoms with Crippen LogP contribution >= 0.6 is 0 Å². The summed E-state index contributed by atoms with van der Waals surface area (Å²) in [5, 5.41) is 6.37. The average molecular weight is 374 g/mol. The van der Waals surface area contributed by atoms with Gasteiger partial charge in [0.15, 0.2) is 11.5 Å². The van der Waals surface area contributed by atoms with Gasteiger partial charge in [0.25, 0.3) is 0 Å². The van der Waals surface area contributed by atoms with Crippen molar-refractivity contribution in [2.24, 2.45) is 0 Å². The number of nitrogens with one attached hydrogen (secondary N) is 2. The minimum atomic E-state index is -0.479. The Hall–Kier alpha value is -3.31. The SMILES string of the molecule is Cc1ccc(NC(=O)[C@H](NCc2ccc3c(c2)OCO3)c2ccccc2)cc1. The molecular formula is C23H22N2O3. The van der Waals surface area contributed by atoms with Crippen LogP contribution in [-0.4, -0.2) is 12.7 Å². The van der Waals surface area contributed by atoms with E-state index in [0.29, 0.717) is 6.54 Å². The second-order valence-corrected chi connectivity index (χ2v) is 6.77. The first kappa shape index (κ1) is 18.1. The fourth-order valence-corrected chi connectivity index (χ4v) is 3.13. The van der Waals surface area contributed by atoms with E-state index in [1.54, 1.807) is 0 Å². The number of carbonyl (C=O) groups is 1. The van der Waals surface area contributed by atoms with Crippen LogP contribution in [0.25, 0.3) is 0 Å². The Morgan fingerprint density at radius 3 is 2.50 bits per heavy atom. The standard InChI is InChI=1S/C23H22N2O3/c1-16-7-10-19(11-8-16)25-23(26)22(18-5-3-2-4-6-18)24-14-17-9-12-20-21(13-17)28-15-27-20/h2-13,22,24H,14-15H2,1H3,(H,25,26)/t22-/m1/s1. The van der Waals surface area contributed by atoms with E-state index in [1.807, 2.05) is 79.7 Å². The second kappa shape index (κ2) is 8.15. The third-order valence-corrected chi connectivity index (χ3v) is 4.66. The van der Waals surface area contributed by atoms with Crippen molar-refractivity contribution in [2.45, 2.75) is 19.5 Å². The predicted molar refractivity (Wildman–Crippen MR) is 108 cm³/mol. The molecule has 1 aliphatic rings. The molecule has 0 bridgehead atoms. The van der Waals surface area contributed by atoms with Gasteiger partial charge >= 0.3 is 0 Å². The van der Waals surface area contributed by atoms with Crippen LogP contribution in [0, 0.1) is 6.92 Å². The Morgan fingerprint density at radius 1 is 0.964 bits per heavy atom. The van der Waals surface area contributed by atoms with Crippen LogP contribution in [0.3, 0.4) is 0 Å². The lowest BCUT2D eigenvalue weighted by Gasteiger charge is -2.19. The molecule has 142 valence electrons. The van der Waals surface area contributed by atoms with E-state index in [2.05, 4.69) is 10.6 Å². The molecule has 3 aromatic rings. The molecule has 1 heterocycles. The topological polar surface area (TPSA) is 59.6 Å². The molecule has 0 fully saturated rings. The molecule has 5 nitrogen and oxygen atoms in total. The summed E-state index contributed by atoms with van der Waals surface area (Å²) in [7, 11) is 0. The Balaban J connectivity index is 1.50. The zero-order chi connectivity index (χ0) is 19.3. The van der Waals surface area contributed by atoms with Crippen LogP contribution in [0.4, 0.5) is 5.69 Å². The highest BCUT2D eigenvalue weighted by molar-refractivity contribution is 5.95. The summed E-state index contributed by atoms with van der Waals surface area (Å²) in [6, 6.07) is 22.8. The van der Waals surface area contributed by atoms with Crippen molar-refractivity contribution in [1.29, 1.82) is 0 Å². The van der Waals surface area contributed by atoms with Gasteiger partial charge in [-0.25, -0.2) is 0 Å². The van der Waals surface area contributed by atoms with Gasteiger partial charge in [0.2, 0.25) is 12.7 Å². The summed E-state index contributed by atoms with van der Waals surface area (Å²) < 4.78 is 10.8. The first-order valence-corrected chi connectivity index (χ1v) is 9.23. The van der Waals surface area contributed by atoms with E-state index in [4.69, 9.17) is 9.47 Å². The Morgan fingerprint density at radius 2 is 1.71 bits per heavy atom. The normalized spacial score (nSPS) is 13.2. The highest BCUT2D eigenvalue weighted by Crippen LogP contribution is 2.32. The fourth-order valence-electron chi connectivity index (χ4n) is 3.13. The van der Waals surface area contributed by atoms with Gasteiger partial charge in [0.05, 0.1) is 0 Å². The molecule has 1 aliphatic heterocycles. The number of anilines is 1. The summed E-state index contributed by atoms with van der Waals surface area (Å²) >= 11 is 0. The number of rotatable bonds is 6. The largest absolute Gasteiger partial charge is 0.454 e. The molecule has 0 spiro atoms. The first-order chi connectivity index (χ1) is 13.7. The summed E-state index contributed by atoms with van der Waals surface area (Å²) in [6.45, 7) is 2.79. The number of aryl methyl sites for hydroxylation is 1. The number of carbonyl (C=O) groups excluding carboxylic acids is 1. The van der Waals surface area contributed by atoms with Crippen molar-refractivity contribution in [2.75, 3.05) is 12.1 Å². The molecule has 4 rings (SSSR count). The number of ether oxygens (including phenoxy) is 2. The molecule has 0 radical (unpaired) electrons. The van der Waals surface area contributed by atoms with E-state index >= 15 is 0 Å². The van der Waals surface area contributed by atoms with Gasteiger partial charge in [-0.1, -0.05) is 54.1 Å². The van der Waals surface area contributed by atoms with Crippen LogP contribution < -0.4 is 20.1 Å². The Kier molecular flexibility index (Phi) is 5.26. The van der Waals surface area contributed by atoms with Gasteiger partial charge in [-0.15, -0.1) is 0 Å². The number of amides is 1. The van der Waals surface area contributed by atoms with Crippen LogP contribution in [-0.2, 0) is 11.3 Å². The zero-order valence-corrected chi connectivity index (χ0v) is 15.6. The van der Waals surface area contributed by atoms with Gasteiger partial charge in [0, 0.05) is 12.2 Å². The van der Waals surface area contributed by atoms with E-state index in [1.165, 1.54) is 0 Å². The maximum absolute atomic E-state index is 13.0. The van der Waals surface area contributed by atoms with Crippen molar-refractivity contribution in [1.82, 2.24) is 5.32 Å². The van der Waals surface area contributed by atoms with Crippen molar-refractivity contribution in [3.63, 3.8) is 0 Å². The van der Waals surface area contributed by atoms with Gasteiger partial charge in [-0.2, -0.15) is 0 Å². The monoisotopic (exact) mass is 374 g/mol. The summed E-state index contributed by atoms with van der Waals surface area (Å²) in [5.41, 5.74) is 3.86. The van der Waals surface area contributed by atoms with Crippen LogP contribution in [0.15, 0.2) is 72.8 Å². The third kappa shape index (κ3) is 4.15. The van der Waals surface area contributed by atoms with E-state index in [-0.39, 0.29) is 12.7 Å². The summed E-state index contributed by atoms with van der Waals surface area (Å²) in [6.07, 6.45) is 0. The quantitative estimate of drug-likeness (QED) is 0.679. The molecule has 0 saturated heterocycles. The number of hydrogen-bond donors (Lipinski definition) is 2. The van der Waals surface area contributed by atoms with Gasteiger partial charge in [-0.3, -0.25) is 10.1 Å². The molecule has 2 N–H and O–H groups in total.